The van der Waals surface area contributed by atoms with Gasteiger partial charge >= 0.3 is 0 Å². The number of benzene rings is 1. The second-order valence-electron chi connectivity index (χ2n) is 4.25. The number of nitrogens with zero attached hydrogens (tertiary/aromatic N) is 2. The van der Waals surface area contributed by atoms with E-state index in [0.717, 1.165) is 15.9 Å². The van der Waals surface area contributed by atoms with Crippen LogP contribution in [0, 0.1) is 13.8 Å². The first-order chi connectivity index (χ1) is 8.95. The van der Waals surface area contributed by atoms with Gasteiger partial charge in [-0.05, 0) is 48.0 Å². The van der Waals surface area contributed by atoms with E-state index in [1.807, 2.05) is 13.8 Å². The molecule has 0 saturated carbocycles. The molecular weight excluding hydrogens is 308 g/mol. The van der Waals surface area contributed by atoms with Crippen molar-refractivity contribution < 1.29 is 4.79 Å². The molecule has 2 rings (SSSR count). The lowest BCUT2D eigenvalue weighted by Crippen LogP contribution is -2.20. The van der Waals surface area contributed by atoms with E-state index in [2.05, 4.69) is 26.3 Å². The number of nitrogens with one attached hydrogen (secondary N) is 1. The van der Waals surface area contributed by atoms with Crippen molar-refractivity contribution in [2.45, 2.75) is 13.8 Å². The number of nitrogen functional groups attached to an aromatic ring is 1. The third kappa shape index (κ3) is 2.35. The van der Waals surface area contributed by atoms with E-state index in [1.165, 1.54) is 0 Å². The molecule has 0 aliphatic heterocycles. The Morgan fingerprint density at radius 2 is 2.11 bits per heavy atom. The van der Waals surface area contributed by atoms with Crippen molar-refractivity contribution in [3.8, 4) is 5.69 Å². The zero-order chi connectivity index (χ0) is 14.2. The average Bonchev–Trinajstić information content (AvgIpc) is 2.65. The maximum absolute atomic E-state index is 11.9. The van der Waals surface area contributed by atoms with Crippen molar-refractivity contribution in [3.05, 3.63) is 39.6 Å². The van der Waals surface area contributed by atoms with E-state index in [4.69, 9.17) is 5.73 Å². The van der Waals surface area contributed by atoms with Gasteiger partial charge in [0.2, 0.25) is 0 Å². The number of carbonyl (C=O) groups excluding carboxylic acids is 1. The smallest absolute Gasteiger partial charge is 0.253 e. The molecule has 0 spiro atoms. The quantitative estimate of drug-likeness (QED) is 0.832. The van der Waals surface area contributed by atoms with Gasteiger partial charge < -0.3 is 11.1 Å². The maximum Gasteiger partial charge on any atom is 0.253 e. The van der Waals surface area contributed by atoms with Crippen molar-refractivity contribution >= 4 is 27.5 Å². The molecule has 0 atom stereocenters. The number of aryl methyl sites for hydroxylation is 1. The number of nitrogens with two attached hydrogens (primary N) is 1. The third-order valence-electron chi connectivity index (χ3n) is 2.92. The lowest BCUT2D eigenvalue weighted by Gasteiger charge is -2.11. The van der Waals surface area contributed by atoms with Crippen molar-refractivity contribution in [1.29, 1.82) is 0 Å². The second-order valence-corrected chi connectivity index (χ2v) is 5.05. The molecule has 5 nitrogen and oxygen atoms in total. The van der Waals surface area contributed by atoms with Gasteiger partial charge in [0.05, 0.1) is 27.1 Å². The number of amides is 1. The fourth-order valence-corrected chi connectivity index (χ4v) is 2.16. The number of hydrogen-bond donors (Lipinski definition) is 2. The lowest BCUT2D eigenvalue weighted by molar-refractivity contribution is 0.0963. The van der Waals surface area contributed by atoms with Crippen LogP contribution in [0.25, 0.3) is 5.69 Å². The summed E-state index contributed by atoms with van der Waals surface area (Å²) in [5, 5.41) is 7.05. The number of carbonyl (C=O) groups is 1. The van der Waals surface area contributed by atoms with Gasteiger partial charge in [-0.3, -0.25) is 4.79 Å². The number of hydrogen-bond acceptors (Lipinski definition) is 3. The summed E-state index contributed by atoms with van der Waals surface area (Å²) in [4.78, 5) is 11.9. The molecule has 1 heterocycles. The fourth-order valence-electron chi connectivity index (χ4n) is 1.91. The Kier molecular flexibility index (Phi) is 3.61. The van der Waals surface area contributed by atoms with Gasteiger partial charge in [-0.1, -0.05) is 0 Å². The summed E-state index contributed by atoms with van der Waals surface area (Å²) in [6.07, 6.45) is 0. The SMILES string of the molecule is CNC(=O)c1ccc(N)cc1-n1nc(C)c(Br)c1C. The Bertz CT molecular complexity index is 648. The number of rotatable bonds is 2. The maximum atomic E-state index is 11.9. The topological polar surface area (TPSA) is 72.9 Å². The van der Waals surface area contributed by atoms with Crippen LogP contribution < -0.4 is 11.1 Å². The molecule has 0 aliphatic rings. The standard InChI is InChI=1S/C13H15BrN4O/c1-7-12(14)8(2)18(17-7)11-6-9(15)4-5-10(11)13(19)16-3/h4-6H,15H2,1-3H3,(H,16,19). The number of anilines is 1. The van der Waals surface area contributed by atoms with Gasteiger partial charge in [0.15, 0.2) is 0 Å². The van der Waals surface area contributed by atoms with Crippen LogP contribution in [-0.2, 0) is 0 Å². The Hall–Kier alpha value is -1.82. The summed E-state index contributed by atoms with van der Waals surface area (Å²) in [7, 11) is 1.60. The second kappa shape index (κ2) is 5.05. The predicted molar refractivity (Wildman–Crippen MR) is 78.5 cm³/mol. The first kappa shape index (κ1) is 13.6. The fraction of sp³-hybridized carbons (Fsp3) is 0.231. The van der Waals surface area contributed by atoms with Gasteiger partial charge in [-0.15, -0.1) is 0 Å². The molecule has 0 unspecified atom stereocenters. The Balaban J connectivity index is 2.69. The monoisotopic (exact) mass is 322 g/mol. The summed E-state index contributed by atoms with van der Waals surface area (Å²) in [5.41, 5.74) is 9.40. The van der Waals surface area contributed by atoms with Gasteiger partial charge in [0.25, 0.3) is 5.91 Å². The Morgan fingerprint density at radius 3 is 2.63 bits per heavy atom. The number of halogens is 1. The molecule has 19 heavy (non-hydrogen) atoms. The lowest BCUT2D eigenvalue weighted by atomic mass is 10.1. The van der Waals surface area contributed by atoms with Crippen molar-refractivity contribution in [3.63, 3.8) is 0 Å². The predicted octanol–water partition coefficient (Wildman–Crippen LogP) is 2.19. The molecule has 3 N–H and O–H groups in total. The van der Waals surface area contributed by atoms with E-state index in [-0.39, 0.29) is 5.91 Å². The summed E-state index contributed by atoms with van der Waals surface area (Å²) >= 11 is 3.48. The molecule has 0 saturated heterocycles. The molecule has 0 radical (unpaired) electrons. The van der Waals surface area contributed by atoms with Crippen LogP contribution in [0.3, 0.4) is 0 Å². The van der Waals surface area contributed by atoms with Crippen LogP contribution in [0.1, 0.15) is 21.7 Å². The van der Waals surface area contributed by atoms with Crippen LogP contribution in [-0.4, -0.2) is 22.7 Å². The van der Waals surface area contributed by atoms with Crippen LogP contribution in [0.4, 0.5) is 5.69 Å². The van der Waals surface area contributed by atoms with Crippen molar-refractivity contribution in [2.24, 2.45) is 0 Å². The first-order valence-electron chi connectivity index (χ1n) is 5.79. The Labute approximate surface area is 119 Å². The summed E-state index contributed by atoms with van der Waals surface area (Å²) in [6.45, 7) is 3.83. The molecule has 1 aromatic heterocycles. The molecule has 0 bridgehead atoms. The zero-order valence-electron chi connectivity index (χ0n) is 11.0. The van der Waals surface area contributed by atoms with E-state index < -0.39 is 0 Å². The van der Waals surface area contributed by atoms with Gasteiger partial charge in [-0.2, -0.15) is 5.10 Å². The van der Waals surface area contributed by atoms with Gasteiger partial charge in [0.1, 0.15) is 0 Å². The molecular formula is C13H15BrN4O. The van der Waals surface area contributed by atoms with E-state index in [1.54, 1.807) is 29.9 Å². The highest BCUT2D eigenvalue weighted by Crippen LogP contribution is 2.26. The highest BCUT2D eigenvalue weighted by molar-refractivity contribution is 9.10. The molecule has 0 aliphatic carbocycles. The molecule has 2 aromatic rings. The Morgan fingerprint density at radius 1 is 1.42 bits per heavy atom. The van der Waals surface area contributed by atoms with Crippen LogP contribution in [0.2, 0.25) is 0 Å². The largest absolute Gasteiger partial charge is 0.399 e. The number of aromatic nitrogens is 2. The van der Waals surface area contributed by atoms with Crippen LogP contribution >= 0.6 is 15.9 Å². The highest BCUT2D eigenvalue weighted by atomic mass is 79.9. The van der Waals surface area contributed by atoms with Gasteiger partial charge in [-0.25, -0.2) is 4.68 Å². The van der Waals surface area contributed by atoms with Crippen molar-refractivity contribution in [2.75, 3.05) is 12.8 Å². The van der Waals surface area contributed by atoms with E-state index in [9.17, 15) is 4.79 Å². The first-order valence-corrected chi connectivity index (χ1v) is 6.58. The summed E-state index contributed by atoms with van der Waals surface area (Å²) < 4.78 is 2.65. The third-order valence-corrected chi connectivity index (χ3v) is 4.07. The van der Waals surface area contributed by atoms with Crippen molar-refractivity contribution in [1.82, 2.24) is 15.1 Å². The molecule has 1 amide bonds. The minimum atomic E-state index is -0.168. The van der Waals surface area contributed by atoms with Crippen LogP contribution in [0.5, 0.6) is 0 Å². The van der Waals surface area contributed by atoms with E-state index >= 15 is 0 Å². The minimum absolute atomic E-state index is 0.168. The average molecular weight is 323 g/mol. The minimum Gasteiger partial charge on any atom is -0.399 e. The van der Waals surface area contributed by atoms with Crippen LogP contribution in [0.15, 0.2) is 22.7 Å². The normalized spacial score (nSPS) is 10.5. The van der Waals surface area contributed by atoms with Gasteiger partial charge in [0, 0.05) is 12.7 Å². The summed E-state index contributed by atoms with van der Waals surface area (Å²) in [6, 6.07) is 5.15. The molecule has 100 valence electrons. The van der Waals surface area contributed by atoms with E-state index in [0.29, 0.717) is 16.9 Å². The molecule has 0 fully saturated rings. The summed E-state index contributed by atoms with van der Waals surface area (Å²) in [5.74, 6) is -0.168. The molecule has 1 aromatic carbocycles. The highest BCUT2D eigenvalue weighted by Gasteiger charge is 2.17. The molecule has 6 heteroatoms. The zero-order valence-corrected chi connectivity index (χ0v) is 12.6.